The molecule has 56 heavy (non-hydrogen) atoms. The number of nitrogens with zero attached hydrogens (tertiary/aromatic N) is 3. The number of aromatic nitrogens is 3. The van der Waals surface area contributed by atoms with Crippen molar-refractivity contribution < 1.29 is 0 Å². The molecule has 0 aliphatic heterocycles. The molecule has 8 aromatic carbocycles. The lowest BCUT2D eigenvalue weighted by atomic mass is 9.94. The van der Waals surface area contributed by atoms with Gasteiger partial charge >= 0.3 is 0 Å². The van der Waals surface area contributed by atoms with Crippen LogP contribution in [0, 0.1) is 0 Å². The van der Waals surface area contributed by atoms with Gasteiger partial charge < -0.3 is 4.57 Å². The molecular formula is C52H33N3S. The molecule has 4 heteroatoms. The molecule has 0 N–H and O–H groups in total. The van der Waals surface area contributed by atoms with E-state index < -0.39 is 0 Å². The minimum absolute atomic E-state index is 0.730. The molecule has 11 aromatic rings. The minimum atomic E-state index is 0.730. The summed E-state index contributed by atoms with van der Waals surface area (Å²) in [6.45, 7) is 0. The fourth-order valence-corrected chi connectivity index (χ4v) is 9.31. The van der Waals surface area contributed by atoms with Gasteiger partial charge in [-0.25, -0.2) is 9.97 Å². The Labute approximate surface area is 328 Å². The van der Waals surface area contributed by atoms with Crippen molar-refractivity contribution in [1.82, 2.24) is 14.5 Å². The van der Waals surface area contributed by atoms with Crippen LogP contribution in [0.2, 0.25) is 0 Å². The van der Waals surface area contributed by atoms with E-state index in [4.69, 9.17) is 9.97 Å². The van der Waals surface area contributed by atoms with Crippen LogP contribution in [0.5, 0.6) is 0 Å². The Bertz CT molecular complexity index is 3240. The maximum Gasteiger partial charge on any atom is 0.161 e. The van der Waals surface area contributed by atoms with Gasteiger partial charge in [0.05, 0.1) is 16.7 Å². The number of fused-ring (bicyclic) bond motifs is 6. The van der Waals surface area contributed by atoms with Crippen LogP contribution in [0.25, 0.3) is 104 Å². The summed E-state index contributed by atoms with van der Waals surface area (Å²) in [6.07, 6.45) is 0. The van der Waals surface area contributed by atoms with Crippen LogP contribution < -0.4 is 0 Å². The molecule has 0 saturated heterocycles. The lowest BCUT2D eigenvalue weighted by molar-refractivity contribution is 1.18. The van der Waals surface area contributed by atoms with Gasteiger partial charge in [0.2, 0.25) is 0 Å². The lowest BCUT2D eigenvalue weighted by Gasteiger charge is -2.11. The van der Waals surface area contributed by atoms with E-state index in [9.17, 15) is 0 Å². The van der Waals surface area contributed by atoms with Crippen LogP contribution in [0.3, 0.4) is 0 Å². The molecular weight excluding hydrogens is 699 g/mol. The molecule has 11 rings (SSSR count). The Kier molecular flexibility index (Phi) is 7.68. The normalized spacial score (nSPS) is 11.6. The maximum absolute atomic E-state index is 5.28. The molecule has 0 amide bonds. The van der Waals surface area contributed by atoms with Crippen molar-refractivity contribution >= 4 is 53.4 Å². The third-order valence-corrected chi connectivity index (χ3v) is 11.9. The zero-order valence-electron chi connectivity index (χ0n) is 30.3. The summed E-state index contributed by atoms with van der Waals surface area (Å²) in [5.41, 5.74) is 13.6. The maximum atomic E-state index is 5.28. The molecule has 0 aliphatic rings. The van der Waals surface area contributed by atoms with Crippen molar-refractivity contribution in [3.63, 3.8) is 0 Å². The molecule has 3 nitrogen and oxygen atoms in total. The van der Waals surface area contributed by atoms with Gasteiger partial charge in [0.15, 0.2) is 5.82 Å². The van der Waals surface area contributed by atoms with E-state index in [-0.39, 0.29) is 0 Å². The van der Waals surface area contributed by atoms with Gasteiger partial charge in [-0.15, -0.1) is 11.3 Å². The first-order chi connectivity index (χ1) is 27.8. The van der Waals surface area contributed by atoms with Crippen molar-refractivity contribution in [2.45, 2.75) is 0 Å². The first kappa shape index (κ1) is 32.3. The van der Waals surface area contributed by atoms with E-state index in [1.54, 1.807) is 11.3 Å². The van der Waals surface area contributed by atoms with Gasteiger partial charge in [-0.3, -0.25) is 0 Å². The predicted octanol–water partition coefficient (Wildman–Crippen LogP) is 14.3. The molecule has 0 unspecified atom stereocenters. The third kappa shape index (κ3) is 5.42. The highest BCUT2D eigenvalue weighted by atomic mass is 32.1. The van der Waals surface area contributed by atoms with Crippen LogP contribution in [-0.2, 0) is 0 Å². The number of benzene rings is 8. The molecule has 0 bridgehead atoms. The summed E-state index contributed by atoms with van der Waals surface area (Å²) in [7, 11) is 0. The van der Waals surface area contributed by atoms with Gasteiger partial charge in [0, 0.05) is 43.1 Å². The topological polar surface area (TPSA) is 30.7 Å². The van der Waals surface area contributed by atoms with E-state index in [2.05, 4.69) is 205 Å². The van der Waals surface area contributed by atoms with Crippen molar-refractivity contribution in [2.24, 2.45) is 0 Å². The van der Waals surface area contributed by atoms with E-state index in [1.165, 1.54) is 54.1 Å². The van der Waals surface area contributed by atoms with E-state index in [0.29, 0.717) is 0 Å². The number of hydrogen-bond donors (Lipinski definition) is 0. The average molecular weight is 732 g/mol. The van der Waals surface area contributed by atoms with Crippen LogP contribution in [-0.4, -0.2) is 14.5 Å². The first-order valence-corrected chi connectivity index (χ1v) is 19.7. The Balaban J connectivity index is 1.06. The summed E-state index contributed by atoms with van der Waals surface area (Å²) in [5, 5.41) is 4.79. The molecule has 0 spiro atoms. The van der Waals surface area contributed by atoms with Crippen molar-refractivity contribution in [2.75, 3.05) is 0 Å². The van der Waals surface area contributed by atoms with Crippen molar-refractivity contribution in [3.05, 3.63) is 200 Å². The van der Waals surface area contributed by atoms with Gasteiger partial charge in [-0.05, 0) is 81.9 Å². The molecule has 0 fully saturated rings. The average Bonchev–Trinajstić information content (AvgIpc) is 3.83. The second kappa shape index (κ2) is 13.3. The smallest absolute Gasteiger partial charge is 0.161 e. The fourth-order valence-electron chi connectivity index (χ4n) is 8.24. The molecule has 0 saturated carbocycles. The Hall–Kier alpha value is -7.14. The Morgan fingerprint density at radius 1 is 0.375 bits per heavy atom. The molecule has 3 heterocycles. The fraction of sp³-hybridized carbons (Fsp3) is 0. The van der Waals surface area contributed by atoms with Gasteiger partial charge in [-0.2, -0.15) is 0 Å². The van der Waals surface area contributed by atoms with E-state index in [0.717, 1.165) is 49.7 Å². The van der Waals surface area contributed by atoms with E-state index in [1.807, 2.05) is 0 Å². The third-order valence-electron chi connectivity index (χ3n) is 10.8. The quantitative estimate of drug-likeness (QED) is 0.170. The SMILES string of the molecule is c1ccc(-c2ccc3c(c2)c2c(-c4cccc(-c5cccc(-c6nc(-c7ccccc7)c7c(n6)sc6ccccc67)c5)c4)cccc2n3-c2ccccc2)cc1. The summed E-state index contributed by atoms with van der Waals surface area (Å²) < 4.78 is 3.61. The Morgan fingerprint density at radius 3 is 1.77 bits per heavy atom. The second-order valence-corrected chi connectivity index (χ2v) is 15.2. The van der Waals surface area contributed by atoms with Gasteiger partial charge in [0.1, 0.15) is 4.83 Å². The number of hydrogen-bond acceptors (Lipinski definition) is 3. The number of thiophene rings is 1. The van der Waals surface area contributed by atoms with Gasteiger partial charge in [0.25, 0.3) is 0 Å². The summed E-state index contributed by atoms with van der Waals surface area (Å²) in [5.74, 6) is 0.730. The largest absolute Gasteiger partial charge is 0.309 e. The molecule has 0 aliphatic carbocycles. The van der Waals surface area contributed by atoms with Crippen LogP contribution in [0.1, 0.15) is 0 Å². The summed E-state index contributed by atoms with van der Waals surface area (Å²) in [6, 6.07) is 71.5. The highest BCUT2D eigenvalue weighted by Crippen LogP contribution is 2.42. The van der Waals surface area contributed by atoms with Crippen LogP contribution in [0.4, 0.5) is 0 Å². The molecule has 262 valence electrons. The highest BCUT2D eigenvalue weighted by Gasteiger charge is 2.19. The molecule has 0 atom stereocenters. The number of para-hydroxylation sites is 1. The van der Waals surface area contributed by atoms with Crippen LogP contribution in [0.15, 0.2) is 200 Å². The Morgan fingerprint density at radius 2 is 0.982 bits per heavy atom. The molecule has 3 aromatic heterocycles. The predicted molar refractivity (Wildman–Crippen MR) is 236 cm³/mol. The summed E-state index contributed by atoms with van der Waals surface area (Å²) >= 11 is 1.73. The summed E-state index contributed by atoms with van der Waals surface area (Å²) in [4.78, 5) is 11.5. The zero-order chi connectivity index (χ0) is 37.0. The standard InChI is InChI=1S/C52H33N3S/c1-4-15-34(16-5-1)38-29-30-45-44(33-38)48-42(26-14-27-46(48)55(45)41-23-8-3-9-24-41)39-21-12-19-36(31-39)37-20-13-22-40(32-37)51-53-50(35-17-6-2-7-18-35)49-43-25-10-11-28-47(43)56-52(49)54-51/h1-33H. The van der Waals surface area contributed by atoms with Crippen molar-refractivity contribution in [3.8, 4) is 61.7 Å². The zero-order valence-corrected chi connectivity index (χ0v) is 31.1. The molecule has 0 radical (unpaired) electrons. The first-order valence-electron chi connectivity index (χ1n) is 18.9. The van der Waals surface area contributed by atoms with Gasteiger partial charge in [-0.1, -0.05) is 152 Å². The van der Waals surface area contributed by atoms with Crippen molar-refractivity contribution in [1.29, 1.82) is 0 Å². The second-order valence-electron chi connectivity index (χ2n) is 14.2. The van der Waals surface area contributed by atoms with E-state index >= 15 is 0 Å². The minimum Gasteiger partial charge on any atom is -0.309 e. The van der Waals surface area contributed by atoms with Crippen LogP contribution >= 0.6 is 11.3 Å². The highest BCUT2D eigenvalue weighted by molar-refractivity contribution is 7.25. The monoisotopic (exact) mass is 731 g/mol. The lowest BCUT2D eigenvalue weighted by Crippen LogP contribution is -1.94. The number of rotatable bonds is 6.